The standard InChI is InChI=1S/C16H23N3O/c1-11(2)16(5,10-17)19-15(20)9-18-14-8-6-7-12(3)13(14)4/h6-8,11,18H,9H2,1-5H3,(H,19,20)/t16-/m1/s1. The number of amides is 1. The lowest BCUT2D eigenvalue weighted by Crippen LogP contribution is -2.50. The summed E-state index contributed by atoms with van der Waals surface area (Å²) in [7, 11) is 0. The molecule has 0 saturated carbocycles. The number of hydrogen-bond acceptors (Lipinski definition) is 3. The van der Waals surface area contributed by atoms with Gasteiger partial charge in [-0.3, -0.25) is 4.79 Å². The van der Waals surface area contributed by atoms with Crippen molar-refractivity contribution in [3.05, 3.63) is 29.3 Å². The Labute approximate surface area is 121 Å². The van der Waals surface area contributed by atoms with E-state index in [-0.39, 0.29) is 18.4 Å². The van der Waals surface area contributed by atoms with Crippen molar-refractivity contribution in [3.8, 4) is 6.07 Å². The molecule has 1 rings (SSSR count). The molecule has 0 heterocycles. The molecule has 0 saturated heterocycles. The molecular weight excluding hydrogens is 250 g/mol. The van der Waals surface area contributed by atoms with Crippen molar-refractivity contribution in [1.29, 1.82) is 5.26 Å². The van der Waals surface area contributed by atoms with Crippen molar-refractivity contribution < 1.29 is 4.79 Å². The monoisotopic (exact) mass is 273 g/mol. The van der Waals surface area contributed by atoms with Crippen LogP contribution in [0.5, 0.6) is 0 Å². The third-order valence-corrected chi connectivity index (χ3v) is 3.83. The van der Waals surface area contributed by atoms with Crippen molar-refractivity contribution in [2.24, 2.45) is 5.92 Å². The second kappa shape index (κ2) is 6.42. The normalized spacial score (nSPS) is 13.4. The molecular formula is C16H23N3O. The number of aryl methyl sites for hydroxylation is 1. The first-order valence-electron chi connectivity index (χ1n) is 6.82. The quantitative estimate of drug-likeness (QED) is 0.867. The van der Waals surface area contributed by atoms with Crippen molar-refractivity contribution in [3.63, 3.8) is 0 Å². The minimum atomic E-state index is -0.833. The lowest BCUT2D eigenvalue weighted by atomic mass is 9.90. The fraction of sp³-hybridized carbons (Fsp3) is 0.500. The molecule has 4 nitrogen and oxygen atoms in total. The van der Waals surface area contributed by atoms with Gasteiger partial charge in [0.1, 0.15) is 5.54 Å². The van der Waals surface area contributed by atoms with Gasteiger partial charge in [0.2, 0.25) is 5.91 Å². The summed E-state index contributed by atoms with van der Waals surface area (Å²) < 4.78 is 0. The third kappa shape index (κ3) is 3.74. The molecule has 0 aromatic heterocycles. The Morgan fingerprint density at radius 2 is 2.05 bits per heavy atom. The maximum Gasteiger partial charge on any atom is 0.240 e. The molecule has 20 heavy (non-hydrogen) atoms. The number of nitrogens with one attached hydrogen (secondary N) is 2. The molecule has 1 amide bonds. The zero-order valence-electron chi connectivity index (χ0n) is 12.9. The van der Waals surface area contributed by atoms with Gasteiger partial charge in [0.25, 0.3) is 0 Å². The molecule has 108 valence electrons. The molecule has 0 fully saturated rings. The van der Waals surface area contributed by atoms with Gasteiger partial charge in [-0.25, -0.2) is 0 Å². The molecule has 0 aliphatic rings. The van der Waals surface area contributed by atoms with Crippen molar-refractivity contribution in [2.75, 3.05) is 11.9 Å². The Morgan fingerprint density at radius 1 is 1.40 bits per heavy atom. The summed E-state index contributed by atoms with van der Waals surface area (Å²) in [5, 5.41) is 15.1. The van der Waals surface area contributed by atoms with E-state index in [2.05, 4.69) is 16.7 Å². The van der Waals surface area contributed by atoms with Crippen molar-refractivity contribution >= 4 is 11.6 Å². The summed E-state index contributed by atoms with van der Waals surface area (Å²) in [5.74, 6) is -0.124. The predicted octanol–water partition coefficient (Wildman–Crippen LogP) is 2.77. The van der Waals surface area contributed by atoms with Gasteiger partial charge >= 0.3 is 0 Å². The number of benzene rings is 1. The number of hydrogen-bond donors (Lipinski definition) is 2. The van der Waals surface area contributed by atoms with E-state index in [1.54, 1.807) is 6.92 Å². The molecule has 2 N–H and O–H groups in total. The van der Waals surface area contributed by atoms with Crippen LogP contribution in [0.4, 0.5) is 5.69 Å². The first-order valence-corrected chi connectivity index (χ1v) is 6.82. The lowest BCUT2D eigenvalue weighted by Gasteiger charge is -2.27. The summed E-state index contributed by atoms with van der Waals surface area (Å²) in [4.78, 5) is 12.0. The Morgan fingerprint density at radius 3 is 2.60 bits per heavy atom. The van der Waals surface area contributed by atoms with Gasteiger partial charge in [0.15, 0.2) is 0 Å². The van der Waals surface area contributed by atoms with Crippen LogP contribution < -0.4 is 10.6 Å². The summed E-state index contributed by atoms with van der Waals surface area (Å²) >= 11 is 0. The summed E-state index contributed by atoms with van der Waals surface area (Å²) in [6.07, 6.45) is 0. The van der Waals surface area contributed by atoms with Crippen LogP contribution in [0, 0.1) is 31.1 Å². The van der Waals surface area contributed by atoms with Crippen LogP contribution in [0.15, 0.2) is 18.2 Å². The van der Waals surface area contributed by atoms with Crippen LogP contribution in [-0.4, -0.2) is 18.0 Å². The number of rotatable bonds is 5. The molecule has 0 spiro atoms. The fourth-order valence-corrected chi connectivity index (χ4v) is 1.75. The highest BCUT2D eigenvalue weighted by molar-refractivity contribution is 5.82. The van der Waals surface area contributed by atoms with Crippen LogP contribution in [0.1, 0.15) is 31.9 Å². The molecule has 4 heteroatoms. The van der Waals surface area contributed by atoms with Crippen LogP contribution >= 0.6 is 0 Å². The zero-order valence-corrected chi connectivity index (χ0v) is 12.9. The minimum Gasteiger partial charge on any atom is -0.376 e. The van der Waals surface area contributed by atoms with E-state index in [0.29, 0.717) is 0 Å². The van der Waals surface area contributed by atoms with Crippen LogP contribution in [-0.2, 0) is 4.79 Å². The van der Waals surface area contributed by atoms with E-state index in [9.17, 15) is 10.1 Å². The first kappa shape index (κ1) is 16.0. The summed E-state index contributed by atoms with van der Waals surface area (Å²) in [6, 6.07) is 8.10. The van der Waals surface area contributed by atoms with Gasteiger partial charge in [-0.2, -0.15) is 5.26 Å². The number of carbonyl (C=O) groups is 1. The topological polar surface area (TPSA) is 64.9 Å². The second-order valence-corrected chi connectivity index (χ2v) is 5.62. The Bertz CT molecular complexity index is 531. The lowest BCUT2D eigenvalue weighted by molar-refractivity contribution is -0.121. The predicted molar refractivity (Wildman–Crippen MR) is 81.4 cm³/mol. The van der Waals surface area contributed by atoms with E-state index < -0.39 is 5.54 Å². The zero-order chi connectivity index (χ0) is 15.3. The van der Waals surface area contributed by atoms with Crippen molar-refractivity contribution in [1.82, 2.24) is 5.32 Å². The minimum absolute atomic E-state index is 0.0529. The van der Waals surface area contributed by atoms with Crippen LogP contribution in [0.25, 0.3) is 0 Å². The first-order chi connectivity index (χ1) is 9.30. The largest absolute Gasteiger partial charge is 0.376 e. The second-order valence-electron chi connectivity index (χ2n) is 5.62. The Balaban J connectivity index is 2.65. The molecule has 1 atom stereocenters. The van der Waals surface area contributed by atoms with E-state index in [1.807, 2.05) is 45.9 Å². The molecule has 0 aliphatic carbocycles. The number of carbonyl (C=O) groups excluding carboxylic acids is 1. The molecule has 0 aliphatic heterocycles. The maximum absolute atomic E-state index is 12.0. The molecule has 1 aromatic rings. The smallest absolute Gasteiger partial charge is 0.240 e. The molecule has 0 bridgehead atoms. The highest BCUT2D eigenvalue weighted by Crippen LogP contribution is 2.18. The number of nitriles is 1. The van der Waals surface area contributed by atoms with E-state index >= 15 is 0 Å². The third-order valence-electron chi connectivity index (χ3n) is 3.83. The Kier molecular flexibility index (Phi) is 5.15. The molecule has 0 radical (unpaired) electrons. The van der Waals surface area contributed by atoms with E-state index in [4.69, 9.17) is 0 Å². The van der Waals surface area contributed by atoms with Crippen LogP contribution in [0.3, 0.4) is 0 Å². The van der Waals surface area contributed by atoms with Gasteiger partial charge in [-0.15, -0.1) is 0 Å². The highest BCUT2D eigenvalue weighted by atomic mass is 16.2. The van der Waals surface area contributed by atoms with Gasteiger partial charge in [-0.1, -0.05) is 26.0 Å². The van der Waals surface area contributed by atoms with Crippen LogP contribution in [0.2, 0.25) is 0 Å². The molecule has 0 unspecified atom stereocenters. The number of nitrogens with zero attached hydrogens (tertiary/aromatic N) is 1. The van der Waals surface area contributed by atoms with Gasteiger partial charge in [0, 0.05) is 5.69 Å². The SMILES string of the molecule is Cc1cccc(NCC(=O)N[C@](C)(C#N)C(C)C)c1C. The van der Waals surface area contributed by atoms with Crippen molar-refractivity contribution in [2.45, 2.75) is 40.2 Å². The fourth-order valence-electron chi connectivity index (χ4n) is 1.75. The van der Waals surface area contributed by atoms with Gasteiger partial charge in [-0.05, 0) is 43.9 Å². The van der Waals surface area contributed by atoms with Gasteiger partial charge < -0.3 is 10.6 Å². The summed E-state index contributed by atoms with van der Waals surface area (Å²) in [6.45, 7) is 9.79. The Hall–Kier alpha value is -2.02. The van der Waals surface area contributed by atoms with E-state index in [0.717, 1.165) is 11.3 Å². The summed E-state index contributed by atoms with van der Waals surface area (Å²) in [5.41, 5.74) is 2.43. The molecule has 1 aromatic carbocycles. The van der Waals surface area contributed by atoms with Gasteiger partial charge in [0.05, 0.1) is 12.6 Å². The average Bonchev–Trinajstić information content (AvgIpc) is 2.40. The number of anilines is 1. The van der Waals surface area contributed by atoms with E-state index in [1.165, 1.54) is 5.56 Å². The average molecular weight is 273 g/mol. The highest BCUT2D eigenvalue weighted by Gasteiger charge is 2.29. The maximum atomic E-state index is 12.0.